The Bertz CT molecular complexity index is 4110. The molecule has 386 valence electrons. The highest BCUT2D eigenvalue weighted by atomic mass is 14.7. The van der Waals surface area contributed by atoms with Crippen LogP contribution in [0.3, 0.4) is 0 Å². The molecule has 4 nitrogen and oxygen atoms in total. The van der Waals surface area contributed by atoms with Crippen molar-refractivity contribution in [3.63, 3.8) is 0 Å². The summed E-state index contributed by atoms with van der Waals surface area (Å²) in [6.07, 6.45) is 7.50. The van der Waals surface area contributed by atoms with E-state index in [0.29, 0.717) is 0 Å². The minimum atomic E-state index is -0.236. The third-order valence-corrected chi connectivity index (χ3v) is 18.2. The van der Waals surface area contributed by atoms with Crippen LogP contribution in [0.15, 0.2) is 243 Å². The Morgan fingerprint density at radius 3 is 0.654 bits per heavy atom. The number of fused-ring (bicyclic) bond motifs is 9. The molecule has 81 heavy (non-hydrogen) atoms. The second kappa shape index (κ2) is 18.2. The first kappa shape index (κ1) is 48.5. The number of rotatable bonds is 8. The van der Waals surface area contributed by atoms with Gasteiger partial charge in [0.2, 0.25) is 0 Å². The van der Waals surface area contributed by atoms with Crippen LogP contribution >= 0.6 is 0 Å². The first-order valence-corrected chi connectivity index (χ1v) is 28.2. The van der Waals surface area contributed by atoms with Gasteiger partial charge in [-0.2, -0.15) is 0 Å². The van der Waals surface area contributed by atoms with Crippen molar-refractivity contribution < 1.29 is 0 Å². The Morgan fingerprint density at radius 2 is 0.432 bits per heavy atom. The van der Waals surface area contributed by atoms with Crippen molar-refractivity contribution in [1.82, 2.24) is 19.9 Å². The normalized spacial score (nSPS) is 14.3. The SMILES string of the molecule is CC1(C)c2cc(-c3ccc4c(c3)C(C)(C)c3cc(-c5c(-c6ccccn6)cccc5-c5ccccn5)ccc3-4)ccc2-c2ccc(-c3ccc4c(c3)C(C)(C)c3cc(-c5c(-c6ccccn6)cccc5-c5ccccn5)ccc3-4)cc21. The second-order valence-corrected chi connectivity index (χ2v) is 23.8. The number of hydrogen-bond donors (Lipinski definition) is 0. The molecule has 0 aliphatic heterocycles. The molecule has 4 heterocycles. The molecule has 0 saturated heterocycles. The molecule has 0 atom stereocenters. The zero-order valence-corrected chi connectivity index (χ0v) is 46.4. The molecule has 8 aromatic carbocycles. The van der Waals surface area contributed by atoms with Gasteiger partial charge in [-0.15, -0.1) is 0 Å². The van der Waals surface area contributed by atoms with E-state index in [-0.39, 0.29) is 16.2 Å². The lowest BCUT2D eigenvalue weighted by Crippen LogP contribution is -2.16. The van der Waals surface area contributed by atoms with Gasteiger partial charge in [0, 0.05) is 74.4 Å². The Kier molecular flexibility index (Phi) is 10.9. The number of hydrogen-bond acceptors (Lipinski definition) is 4. The second-order valence-electron chi connectivity index (χ2n) is 23.8. The number of pyridine rings is 4. The van der Waals surface area contributed by atoms with Crippen molar-refractivity contribution in [3.05, 3.63) is 277 Å². The van der Waals surface area contributed by atoms with Crippen molar-refractivity contribution in [2.45, 2.75) is 57.8 Å². The topological polar surface area (TPSA) is 51.6 Å². The van der Waals surface area contributed by atoms with E-state index in [9.17, 15) is 0 Å². The monoisotopic (exact) mass is 1040 g/mol. The van der Waals surface area contributed by atoms with Crippen molar-refractivity contribution in [3.8, 4) is 123 Å². The molecule has 0 radical (unpaired) electrons. The summed E-state index contributed by atoms with van der Waals surface area (Å²) in [4.78, 5) is 19.3. The summed E-state index contributed by atoms with van der Waals surface area (Å²) in [5.74, 6) is 0. The van der Waals surface area contributed by atoms with Gasteiger partial charge in [0.05, 0.1) is 22.8 Å². The van der Waals surface area contributed by atoms with Gasteiger partial charge in [-0.25, -0.2) is 0 Å². The fourth-order valence-electron chi connectivity index (χ4n) is 13.9. The molecule has 0 spiro atoms. The van der Waals surface area contributed by atoms with Crippen LogP contribution in [-0.2, 0) is 16.2 Å². The quantitative estimate of drug-likeness (QED) is 0.152. The zero-order valence-electron chi connectivity index (χ0n) is 46.4. The molecule has 4 heteroatoms. The van der Waals surface area contributed by atoms with Crippen molar-refractivity contribution >= 4 is 0 Å². The molecule has 0 saturated carbocycles. The van der Waals surface area contributed by atoms with Gasteiger partial charge in [-0.3, -0.25) is 19.9 Å². The van der Waals surface area contributed by atoms with Gasteiger partial charge in [-0.05, 0) is 185 Å². The molecular formula is C77H58N4. The van der Waals surface area contributed by atoms with Crippen LogP contribution in [0, 0.1) is 0 Å². The average Bonchev–Trinajstić information content (AvgIpc) is 4.16. The minimum Gasteiger partial charge on any atom is -0.256 e. The number of nitrogens with zero attached hydrogens (tertiary/aromatic N) is 4. The smallest absolute Gasteiger partial charge is 0.0708 e. The predicted molar refractivity (Wildman–Crippen MR) is 334 cm³/mol. The lowest BCUT2D eigenvalue weighted by Gasteiger charge is -2.24. The van der Waals surface area contributed by atoms with Crippen molar-refractivity contribution in [2.75, 3.05) is 0 Å². The zero-order chi connectivity index (χ0) is 54.8. The molecule has 3 aliphatic carbocycles. The summed E-state index contributed by atoms with van der Waals surface area (Å²) in [6.45, 7) is 14.4. The Labute approximate surface area is 474 Å². The third kappa shape index (κ3) is 7.57. The fourth-order valence-corrected chi connectivity index (χ4v) is 13.9. The molecule has 3 aliphatic rings. The molecule has 0 bridgehead atoms. The summed E-state index contributed by atoms with van der Waals surface area (Å²) in [7, 11) is 0. The summed E-state index contributed by atoms with van der Waals surface area (Å²) < 4.78 is 0. The Balaban J connectivity index is 0.738. The first-order chi connectivity index (χ1) is 39.4. The molecule has 12 aromatic rings. The molecular weight excluding hydrogens is 981 g/mol. The highest BCUT2D eigenvalue weighted by Gasteiger charge is 2.40. The van der Waals surface area contributed by atoms with Gasteiger partial charge in [0.25, 0.3) is 0 Å². The van der Waals surface area contributed by atoms with Crippen LogP contribution in [-0.4, -0.2) is 19.9 Å². The molecule has 15 rings (SSSR count). The van der Waals surface area contributed by atoms with E-state index in [0.717, 1.165) is 67.3 Å². The largest absolute Gasteiger partial charge is 0.256 e. The lowest BCUT2D eigenvalue weighted by atomic mass is 9.79. The van der Waals surface area contributed by atoms with Gasteiger partial charge >= 0.3 is 0 Å². The maximum absolute atomic E-state index is 4.82. The average molecular weight is 1040 g/mol. The van der Waals surface area contributed by atoms with Crippen molar-refractivity contribution in [2.24, 2.45) is 0 Å². The van der Waals surface area contributed by atoms with E-state index in [1.807, 2.05) is 49.1 Å². The first-order valence-electron chi connectivity index (χ1n) is 28.2. The van der Waals surface area contributed by atoms with Gasteiger partial charge in [0.1, 0.15) is 0 Å². The molecule has 0 fully saturated rings. The maximum atomic E-state index is 4.82. The van der Waals surface area contributed by atoms with Crippen LogP contribution in [0.25, 0.3) is 123 Å². The van der Waals surface area contributed by atoms with E-state index < -0.39 is 0 Å². The molecule has 0 N–H and O–H groups in total. The fraction of sp³-hybridized carbons (Fsp3) is 0.117. The molecule has 4 aromatic heterocycles. The van der Waals surface area contributed by atoms with Gasteiger partial charge < -0.3 is 0 Å². The van der Waals surface area contributed by atoms with E-state index in [1.54, 1.807) is 0 Å². The van der Waals surface area contributed by atoms with Crippen molar-refractivity contribution in [1.29, 1.82) is 0 Å². The minimum absolute atomic E-state index is 0.207. The summed E-state index contributed by atoms with van der Waals surface area (Å²) >= 11 is 0. The van der Waals surface area contributed by atoms with E-state index in [2.05, 4.69) is 236 Å². The van der Waals surface area contributed by atoms with Gasteiger partial charge in [-0.1, -0.05) is 175 Å². The highest BCUT2D eigenvalue weighted by Crippen LogP contribution is 2.56. The number of aromatic nitrogens is 4. The van der Waals surface area contributed by atoms with Crippen LogP contribution in [0.2, 0.25) is 0 Å². The maximum Gasteiger partial charge on any atom is 0.0708 e. The summed E-state index contributed by atoms with van der Waals surface area (Å²) in [5.41, 5.74) is 33.0. The van der Waals surface area contributed by atoms with Crippen LogP contribution in [0.4, 0.5) is 0 Å². The van der Waals surface area contributed by atoms with E-state index in [4.69, 9.17) is 19.9 Å². The van der Waals surface area contributed by atoms with Crippen LogP contribution in [0.1, 0.15) is 74.9 Å². The number of benzene rings is 8. The Morgan fingerprint density at radius 1 is 0.210 bits per heavy atom. The predicted octanol–water partition coefficient (Wildman–Crippen LogP) is 19.5. The molecule has 0 unspecified atom stereocenters. The van der Waals surface area contributed by atoms with E-state index >= 15 is 0 Å². The standard InChI is InChI=1S/C77H58N4/c1-75(2)63-41-47(49-27-33-55-57-35-29-51(45-67(57)76(3,4)65(55)43-49)73-59(69-21-7-11-37-78-69)17-15-18-60(73)70-22-8-12-38-79-70)25-31-53(63)54-32-26-48(42-64(54)75)50-28-34-56-58-36-30-52(46-68(58)77(5,6)66(56)44-50)74-61(71-23-9-13-39-80-71)19-16-20-62(74)72-24-10-14-40-81-72/h7-46H,1-6H3. The Hall–Kier alpha value is -9.64. The third-order valence-electron chi connectivity index (χ3n) is 18.2. The highest BCUT2D eigenvalue weighted by molar-refractivity contribution is 5.97. The summed E-state index contributed by atoms with van der Waals surface area (Å²) in [5, 5.41) is 0. The lowest BCUT2D eigenvalue weighted by molar-refractivity contribution is 0.659. The van der Waals surface area contributed by atoms with Crippen LogP contribution in [0.5, 0.6) is 0 Å². The van der Waals surface area contributed by atoms with Crippen LogP contribution < -0.4 is 0 Å². The molecule has 0 amide bonds. The van der Waals surface area contributed by atoms with E-state index in [1.165, 1.54) is 89.0 Å². The van der Waals surface area contributed by atoms with Gasteiger partial charge in [0.15, 0.2) is 0 Å². The summed E-state index contributed by atoms with van der Waals surface area (Å²) in [6, 6.07) is 80.3.